The molecule has 2 aliphatic rings. The lowest BCUT2D eigenvalue weighted by atomic mass is 9.78. The van der Waals surface area contributed by atoms with Crippen molar-refractivity contribution in [2.45, 2.75) is 71.8 Å². The smallest absolute Gasteiger partial charge is 0.443 e. The molecule has 0 bridgehead atoms. The topological polar surface area (TPSA) is 65.1 Å². The van der Waals surface area contributed by atoms with Crippen LogP contribution in [0.25, 0.3) is 0 Å². The van der Waals surface area contributed by atoms with Gasteiger partial charge in [-0.3, -0.25) is 4.79 Å². The van der Waals surface area contributed by atoms with E-state index in [1.807, 2.05) is 39.8 Å². The average molecular weight is 359 g/mol. The lowest BCUT2D eigenvalue weighted by Gasteiger charge is -2.32. The van der Waals surface area contributed by atoms with E-state index in [2.05, 4.69) is 0 Å². The van der Waals surface area contributed by atoms with Gasteiger partial charge in [-0.1, -0.05) is 12.1 Å². The fraction of sp³-hybridized carbons (Fsp3) is 0.579. The van der Waals surface area contributed by atoms with Gasteiger partial charge < -0.3 is 14.0 Å². The van der Waals surface area contributed by atoms with Crippen molar-refractivity contribution < 1.29 is 23.6 Å². The average Bonchev–Trinajstić information content (AvgIpc) is 2.91. The Hall–Kier alpha value is -1.86. The molecular formula is C19H26BNO5. The lowest BCUT2D eigenvalue weighted by Crippen LogP contribution is -2.41. The molecule has 0 N–H and O–H groups in total. The monoisotopic (exact) mass is 359 g/mol. The number of benzene rings is 1. The minimum atomic E-state index is -0.653. The molecule has 1 fully saturated rings. The molecule has 1 aromatic carbocycles. The summed E-state index contributed by atoms with van der Waals surface area (Å²) in [6.07, 6.45) is -0.629. The zero-order valence-electron chi connectivity index (χ0n) is 16.5. The zero-order valence-corrected chi connectivity index (χ0v) is 16.5. The molecule has 7 heteroatoms. The molecular weight excluding hydrogens is 333 g/mol. The molecule has 1 aromatic rings. The normalized spacial score (nSPS) is 21.1. The number of fused-ring (bicyclic) bond motifs is 1. The molecule has 0 spiro atoms. The summed E-state index contributed by atoms with van der Waals surface area (Å²) in [4.78, 5) is 25.9. The van der Waals surface area contributed by atoms with Crippen LogP contribution in [0, 0.1) is 0 Å². The molecule has 0 aromatic heterocycles. The van der Waals surface area contributed by atoms with Crippen molar-refractivity contribution in [2.75, 3.05) is 0 Å². The van der Waals surface area contributed by atoms with Crippen molar-refractivity contribution in [2.24, 2.45) is 0 Å². The van der Waals surface area contributed by atoms with Crippen molar-refractivity contribution in [1.29, 1.82) is 0 Å². The van der Waals surface area contributed by atoms with Crippen LogP contribution >= 0.6 is 0 Å². The molecule has 0 unspecified atom stereocenters. The minimum absolute atomic E-state index is 0.191. The highest BCUT2D eigenvalue weighted by Gasteiger charge is 2.52. The lowest BCUT2D eigenvalue weighted by molar-refractivity contribution is 0.00578. The van der Waals surface area contributed by atoms with Gasteiger partial charge in [-0.05, 0) is 65.6 Å². The number of hydrogen-bond acceptors (Lipinski definition) is 5. The molecule has 26 heavy (non-hydrogen) atoms. The highest BCUT2D eigenvalue weighted by Crippen LogP contribution is 2.36. The molecule has 0 aliphatic carbocycles. The van der Waals surface area contributed by atoms with Gasteiger partial charge in [0.05, 0.1) is 17.7 Å². The van der Waals surface area contributed by atoms with E-state index in [0.29, 0.717) is 5.56 Å². The number of carbonyl (C=O) groups excluding carboxylic acids is 2. The summed E-state index contributed by atoms with van der Waals surface area (Å²) in [5, 5.41) is 0. The molecule has 2 heterocycles. The summed E-state index contributed by atoms with van der Waals surface area (Å²) in [6, 6.07) is 5.42. The van der Waals surface area contributed by atoms with E-state index in [-0.39, 0.29) is 12.5 Å². The van der Waals surface area contributed by atoms with Crippen molar-refractivity contribution in [3.05, 3.63) is 29.3 Å². The fourth-order valence-electron chi connectivity index (χ4n) is 2.93. The summed E-state index contributed by atoms with van der Waals surface area (Å²) in [6.45, 7) is 13.5. The number of hydrogen-bond donors (Lipinski definition) is 0. The van der Waals surface area contributed by atoms with Crippen LogP contribution in [0.5, 0.6) is 0 Å². The van der Waals surface area contributed by atoms with Crippen LogP contribution in [0.3, 0.4) is 0 Å². The van der Waals surface area contributed by atoms with Crippen molar-refractivity contribution in [1.82, 2.24) is 4.90 Å². The van der Waals surface area contributed by atoms with E-state index in [0.717, 1.165) is 15.9 Å². The minimum Gasteiger partial charge on any atom is -0.443 e. The Kier molecular flexibility index (Phi) is 4.24. The van der Waals surface area contributed by atoms with Gasteiger partial charge in [-0.25, -0.2) is 9.69 Å². The van der Waals surface area contributed by atoms with Gasteiger partial charge in [0.15, 0.2) is 0 Å². The number of amides is 2. The van der Waals surface area contributed by atoms with E-state index in [1.54, 1.807) is 26.8 Å². The number of imide groups is 1. The maximum Gasteiger partial charge on any atom is 0.494 e. The van der Waals surface area contributed by atoms with Crippen molar-refractivity contribution >= 4 is 24.6 Å². The first-order valence-electron chi connectivity index (χ1n) is 8.84. The summed E-state index contributed by atoms with van der Waals surface area (Å²) >= 11 is 0. The second-order valence-electron chi connectivity index (χ2n) is 8.88. The van der Waals surface area contributed by atoms with Crippen LogP contribution in [-0.4, -0.2) is 40.8 Å². The molecule has 0 radical (unpaired) electrons. The third-order valence-corrected chi connectivity index (χ3v) is 5.07. The molecule has 3 rings (SSSR count). The summed E-state index contributed by atoms with van der Waals surface area (Å²) < 4.78 is 17.5. The zero-order chi connectivity index (χ0) is 19.5. The first kappa shape index (κ1) is 18.9. The van der Waals surface area contributed by atoms with Crippen LogP contribution in [0.1, 0.15) is 64.4 Å². The van der Waals surface area contributed by atoms with E-state index in [9.17, 15) is 9.59 Å². The van der Waals surface area contributed by atoms with E-state index in [4.69, 9.17) is 14.0 Å². The predicted octanol–water partition coefficient (Wildman–Crippen LogP) is 2.88. The van der Waals surface area contributed by atoms with Gasteiger partial charge in [0.25, 0.3) is 5.91 Å². The Labute approximate surface area is 154 Å². The van der Waals surface area contributed by atoms with Gasteiger partial charge in [-0.15, -0.1) is 0 Å². The highest BCUT2D eigenvalue weighted by molar-refractivity contribution is 6.62. The van der Waals surface area contributed by atoms with Crippen LogP contribution in [0.2, 0.25) is 0 Å². The van der Waals surface area contributed by atoms with Crippen LogP contribution in [0.4, 0.5) is 4.79 Å². The van der Waals surface area contributed by atoms with Crippen LogP contribution in [-0.2, 0) is 20.6 Å². The van der Waals surface area contributed by atoms with Crippen LogP contribution in [0.15, 0.2) is 18.2 Å². The SMILES string of the molecule is CC(C)(C)OC(=O)N1Cc2cc(B3OC(C)(C)C(C)(C)O3)ccc2C1=O. The molecule has 1 saturated heterocycles. The number of carbonyl (C=O) groups is 2. The summed E-state index contributed by atoms with van der Waals surface area (Å²) in [7, 11) is -0.504. The van der Waals surface area contributed by atoms with Gasteiger partial charge in [0.2, 0.25) is 0 Å². The molecule has 6 nitrogen and oxygen atoms in total. The van der Waals surface area contributed by atoms with Gasteiger partial charge in [0, 0.05) is 5.56 Å². The maximum absolute atomic E-state index is 12.5. The highest BCUT2D eigenvalue weighted by atomic mass is 16.7. The predicted molar refractivity (Wildman–Crippen MR) is 98.3 cm³/mol. The quantitative estimate of drug-likeness (QED) is 0.722. The van der Waals surface area contributed by atoms with Crippen molar-refractivity contribution in [3.63, 3.8) is 0 Å². The van der Waals surface area contributed by atoms with E-state index in [1.165, 1.54) is 0 Å². The largest absolute Gasteiger partial charge is 0.494 e. The summed E-state index contributed by atoms with van der Waals surface area (Å²) in [5.74, 6) is -0.338. The Morgan fingerprint density at radius 1 is 1.15 bits per heavy atom. The van der Waals surface area contributed by atoms with Crippen LogP contribution < -0.4 is 5.46 Å². The number of ether oxygens (including phenoxy) is 1. The first-order chi connectivity index (χ1) is 11.8. The third kappa shape index (κ3) is 3.26. The molecule has 0 atom stereocenters. The molecule has 2 amide bonds. The Morgan fingerprint density at radius 3 is 2.27 bits per heavy atom. The van der Waals surface area contributed by atoms with Crippen molar-refractivity contribution in [3.8, 4) is 0 Å². The third-order valence-electron chi connectivity index (χ3n) is 5.07. The van der Waals surface area contributed by atoms with E-state index >= 15 is 0 Å². The second-order valence-corrected chi connectivity index (χ2v) is 8.88. The maximum atomic E-state index is 12.5. The Bertz CT molecular complexity index is 750. The fourth-order valence-corrected chi connectivity index (χ4v) is 2.93. The van der Waals surface area contributed by atoms with Gasteiger partial charge in [-0.2, -0.15) is 0 Å². The Balaban J connectivity index is 1.82. The molecule has 0 saturated carbocycles. The number of nitrogens with zero attached hydrogens (tertiary/aromatic N) is 1. The number of rotatable bonds is 1. The molecule has 140 valence electrons. The van der Waals surface area contributed by atoms with Gasteiger partial charge >= 0.3 is 13.2 Å². The second kappa shape index (κ2) is 5.82. The summed E-state index contributed by atoms with van der Waals surface area (Å²) in [5.41, 5.74) is 0.592. The van der Waals surface area contributed by atoms with Gasteiger partial charge in [0.1, 0.15) is 5.60 Å². The molecule has 2 aliphatic heterocycles. The van der Waals surface area contributed by atoms with E-state index < -0.39 is 30.0 Å². The standard InChI is InChI=1S/C19H26BNO5/c1-17(2,3)24-16(23)21-11-12-10-13(8-9-14(12)15(21)22)20-25-18(4,5)19(6,7)26-20/h8-10H,11H2,1-7H3. The first-order valence-corrected chi connectivity index (χ1v) is 8.84. The Morgan fingerprint density at radius 2 is 1.73 bits per heavy atom.